The van der Waals surface area contributed by atoms with E-state index in [1.54, 1.807) is 12.3 Å². The summed E-state index contributed by atoms with van der Waals surface area (Å²) in [5.74, 6) is 0.929. The maximum absolute atomic E-state index is 12.6. The van der Waals surface area contributed by atoms with Gasteiger partial charge >= 0.3 is 0 Å². The van der Waals surface area contributed by atoms with E-state index in [1.165, 1.54) is 19.2 Å². The van der Waals surface area contributed by atoms with Crippen LogP contribution in [0.25, 0.3) is 0 Å². The zero-order valence-electron chi connectivity index (χ0n) is 14.8. The minimum atomic E-state index is -0.250. The lowest BCUT2D eigenvalue weighted by Crippen LogP contribution is -2.48. The highest BCUT2D eigenvalue weighted by molar-refractivity contribution is 5.92. The number of aliphatic hydroxyl groups is 1. The number of amides is 1. The lowest BCUT2D eigenvalue weighted by molar-refractivity contribution is -0.122. The Labute approximate surface area is 152 Å². The van der Waals surface area contributed by atoms with Crippen molar-refractivity contribution in [1.29, 1.82) is 0 Å². The predicted octanol–water partition coefficient (Wildman–Crippen LogP) is 0.485. The molecular formula is C18H26N4O4. The molecule has 0 radical (unpaired) electrons. The Hall–Kier alpha value is -2.06. The summed E-state index contributed by atoms with van der Waals surface area (Å²) in [6.07, 6.45) is 7.10. The number of carbonyl (C=O) groups excluding carboxylic acids is 1. The van der Waals surface area contributed by atoms with E-state index >= 15 is 0 Å². The zero-order valence-corrected chi connectivity index (χ0v) is 14.8. The van der Waals surface area contributed by atoms with E-state index in [4.69, 9.17) is 9.90 Å². The third-order valence-corrected chi connectivity index (χ3v) is 5.81. The number of hydrogen-bond acceptors (Lipinski definition) is 6. The van der Waals surface area contributed by atoms with E-state index in [0.29, 0.717) is 17.5 Å². The normalized spacial score (nSPS) is 31.0. The number of carbonyl (C=O) groups is 2. The highest BCUT2D eigenvalue weighted by atomic mass is 16.3. The molecule has 0 aromatic carbocycles. The van der Waals surface area contributed by atoms with Crippen molar-refractivity contribution >= 4 is 12.4 Å². The van der Waals surface area contributed by atoms with E-state index in [0.717, 1.165) is 39.0 Å². The van der Waals surface area contributed by atoms with Crippen LogP contribution in [-0.4, -0.2) is 80.7 Å². The summed E-state index contributed by atoms with van der Waals surface area (Å²) in [5, 5.41) is 17.4. The first-order chi connectivity index (χ1) is 12.6. The van der Waals surface area contributed by atoms with Gasteiger partial charge in [-0.1, -0.05) is 0 Å². The molecule has 142 valence electrons. The highest BCUT2D eigenvalue weighted by Crippen LogP contribution is 2.39. The topological polar surface area (TPSA) is 107 Å². The van der Waals surface area contributed by atoms with Gasteiger partial charge in [-0.2, -0.15) is 0 Å². The number of nitrogens with zero attached hydrogens (tertiary/aromatic N) is 4. The molecule has 3 heterocycles. The highest BCUT2D eigenvalue weighted by Gasteiger charge is 2.45. The monoisotopic (exact) mass is 362 g/mol. The van der Waals surface area contributed by atoms with Gasteiger partial charge < -0.3 is 15.1 Å². The van der Waals surface area contributed by atoms with Crippen molar-refractivity contribution < 1.29 is 19.8 Å². The molecule has 3 aliphatic rings. The first-order valence-electron chi connectivity index (χ1n) is 9.19. The summed E-state index contributed by atoms with van der Waals surface area (Å²) in [7, 11) is 0. The molecule has 0 spiro atoms. The lowest BCUT2D eigenvalue weighted by Gasteiger charge is -2.40. The summed E-state index contributed by atoms with van der Waals surface area (Å²) < 4.78 is 0. The molecule has 2 aliphatic heterocycles. The van der Waals surface area contributed by atoms with Crippen molar-refractivity contribution in [2.45, 2.75) is 37.8 Å². The Kier molecular flexibility index (Phi) is 6.16. The van der Waals surface area contributed by atoms with Crippen LogP contribution in [0, 0.1) is 11.8 Å². The molecule has 0 bridgehead atoms. The number of likely N-dealkylation sites (tertiary alicyclic amines) is 2. The molecule has 4 rings (SSSR count). The standard InChI is InChI=1S/C17H24N4O2.CH2O2/c22-16-8-13-10-21(17(23)14-3-4-18-11-19-14)9-12(13)7-15(16)20-5-1-2-6-20;2-1-3/h3-4,11-13,15-16,22H,1-2,5-10H2;1H,(H,2,3)/t12-,13+,15-,16-;/m1./s1. The third-order valence-electron chi connectivity index (χ3n) is 5.81. The molecule has 0 unspecified atom stereocenters. The molecule has 8 heteroatoms. The Morgan fingerprint density at radius 3 is 2.46 bits per heavy atom. The van der Waals surface area contributed by atoms with Gasteiger partial charge in [0.1, 0.15) is 12.0 Å². The van der Waals surface area contributed by atoms with E-state index < -0.39 is 0 Å². The average molecular weight is 362 g/mol. The van der Waals surface area contributed by atoms with Gasteiger partial charge in [-0.15, -0.1) is 0 Å². The number of aromatic nitrogens is 2. The van der Waals surface area contributed by atoms with Crippen molar-refractivity contribution in [2.24, 2.45) is 11.8 Å². The molecule has 8 nitrogen and oxygen atoms in total. The molecule has 2 N–H and O–H groups in total. The van der Waals surface area contributed by atoms with Crippen LogP contribution in [0.5, 0.6) is 0 Å². The maximum Gasteiger partial charge on any atom is 0.290 e. The van der Waals surface area contributed by atoms with Crippen LogP contribution < -0.4 is 0 Å². The first-order valence-corrected chi connectivity index (χ1v) is 9.19. The second kappa shape index (κ2) is 8.55. The van der Waals surface area contributed by atoms with E-state index in [2.05, 4.69) is 14.9 Å². The molecule has 3 fully saturated rings. The molecule has 4 atom stereocenters. The molecule has 1 aliphatic carbocycles. The van der Waals surface area contributed by atoms with Crippen LogP contribution >= 0.6 is 0 Å². The molecule has 1 saturated carbocycles. The summed E-state index contributed by atoms with van der Waals surface area (Å²) in [6.45, 7) is 3.52. The van der Waals surface area contributed by atoms with Crippen molar-refractivity contribution in [3.05, 3.63) is 24.3 Å². The van der Waals surface area contributed by atoms with Gasteiger partial charge in [0.2, 0.25) is 0 Å². The Bertz CT molecular complexity index is 608. The van der Waals surface area contributed by atoms with Gasteiger partial charge in [0.15, 0.2) is 0 Å². The number of hydrogen-bond donors (Lipinski definition) is 2. The zero-order chi connectivity index (χ0) is 18.5. The van der Waals surface area contributed by atoms with Gasteiger partial charge in [-0.05, 0) is 56.7 Å². The van der Waals surface area contributed by atoms with Crippen molar-refractivity contribution in [3.8, 4) is 0 Å². The van der Waals surface area contributed by atoms with E-state index in [9.17, 15) is 9.90 Å². The molecule has 1 aromatic heterocycles. The fraction of sp³-hybridized carbons (Fsp3) is 0.667. The van der Waals surface area contributed by atoms with E-state index in [-0.39, 0.29) is 24.5 Å². The minimum Gasteiger partial charge on any atom is -0.483 e. The van der Waals surface area contributed by atoms with Crippen LogP contribution in [0.1, 0.15) is 36.2 Å². The maximum atomic E-state index is 12.6. The quantitative estimate of drug-likeness (QED) is 0.737. The number of carboxylic acid groups (broad SMARTS) is 1. The molecule has 26 heavy (non-hydrogen) atoms. The van der Waals surface area contributed by atoms with Gasteiger partial charge in [0.25, 0.3) is 12.4 Å². The fourth-order valence-corrected chi connectivity index (χ4v) is 4.62. The van der Waals surface area contributed by atoms with Gasteiger partial charge in [-0.25, -0.2) is 9.97 Å². The van der Waals surface area contributed by atoms with E-state index in [1.807, 2.05) is 4.90 Å². The van der Waals surface area contributed by atoms with Gasteiger partial charge in [0.05, 0.1) is 6.10 Å². The predicted molar refractivity (Wildman–Crippen MR) is 93.4 cm³/mol. The lowest BCUT2D eigenvalue weighted by atomic mass is 9.77. The summed E-state index contributed by atoms with van der Waals surface area (Å²) in [5.41, 5.74) is 0.468. The molecule has 1 aromatic rings. The largest absolute Gasteiger partial charge is 0.483 e. The minimum absolute atomic E-state index is 0.00554. The van der Waals surface area contributed by atoms with Crippen molar-refractivity contribution in [2.75, 3.05) is 26.2 Å². The van der Waals surface area contributed by atoms with Crippen LogP contribution in [0.4, 0.5) is 0 Å². The summed E-state index contributed by atoms with van der Waals surface area (Å²) in [6, 6.07) is 1.96. The Balaban J connectivity index is 0.000000613. The van der Waals surface area contributed by atoms with Crippen LogP contribution in [0.15, 0.2) is 18.6 Å². The van der Waals surface area contributed by atoms with Gasteiger partial charge in [0, 0.05) is 25.3 Å². The van der Waals surface area contributed by atoms with Gasteiger partial charge in [-0.3, -0.25) is 14.5 Å². The third kappa shape index (κ3) is 4.02. The van der Waals surface area contributed by atoms with Crippen molar-refractivity contribution in [1.82, 2.24) is 19.8 Å². The smallest absolute Gasteiger partial charge is 0.290 e. The number of rotatable bonds is 2. The Morgan fingerprint density at radius 1 is 1.19 bits per heavy atom. The average Bonchev–Trinajstić information content (AvgIpc) is 3.31. The van der Waals surface area contributed by atoms with Crippen LogP contribution in [0.2, 0.25) is 0 Å². The first kappa shape index (κ1) is 18.7. The summed E-state index contributed by atoms with van der Waals surface area (Å²) in [4.78, 5) is 33.2. The summed E-state index contributed by atoms with van der Waals surface area (Å²) >= 11 is 0. The SMILES string of the molecule is O=C(c1ccncn1)N1C[C@H]2C[C@@H](N3CCCC3)[C@H](O)C[C@H]2C1.O=CO. The Morgan fingerprint density at radius 2 is 1.85 bits per heavy atom. The second-order valence-electron chi connectivity index (χ2n) is 7.28. The van der Waals surface area contributed by atoms with Crippen molar-refractivity contribution in [3.63, 3.8) is 0 Å². The molecular weight excluding hydrogens is 336 g/mol. The second-order valence-corrected chi connectivity index (χ2v) is 7.28. The van der Waals surface area contributed by atoms with Crippen LogP contribution in [0.3, 0.4) is 0 Å². The fourth-order valence-electron chi connectivity index (χ4n) is 4.62. The van der Waals surface area contributed by atoms with Crippen LogP contribution in [-0.2, 0) is 4.79 Å². The number of fused-ring (bicyclic) bond motifs is 1. The molecule has 1 amide bonds. The number of aliphatic hydroxyl groups excluding tert-OH is 1. The molecule has 2 saturated heterocycles.